The monoisotopic (exact) mass is 380 g/mol. The molecule has 0 aliphatic carbocycles. The first kappa shape index (κ1) is 16.2. The summed E-state index contributed by atoms with van der Waals surface area (Å²) in [6.07, 6.45) is 1.64. The molecule has 1 unspecified atom stereocenters. The smallest absolute Gasteiger partial charge is 0.243 e. The van der Waals surface area contributed by atoms with Crippen molar-refractivity contribution in [3.63, 3.8) is 0 Å². The highest BCUT2D eigenvalue weighted by Gasteiger charge is 2.32. The number of rotatable bonds is 5. The summed E-state index contributed by atoms with van der Waals surface area (Å²) < 4.78 is 27.9. The largest absolute Gasteiger partial charge is 0.315 e. The van der Waals surface area contributed by atoms with E-state index in [9.17, 15) is 8.42 Å². The number of hydrogen-bond donors (Lipinski definition) is 1. The van der Waals surface area contributed by atoms with Crippen LogP contribution in [0.2, 0.25) is 5.02 Å². The van der Waals surface area contributed by atoms with Crippen LogP contribution in [0.25, 0.3) is 0 Å². The van der Waals surface area contributed by atoms with Gasteiger partial charge in [-0.3, -0.25) is 0 Å². The molecule has 0 spiro atoms. The van der Waals surface area contributed by atoms with E-state index < -0.39 is 10.0 Å². The lowest BCUT2D eigenvalue weighted by atomic mass is 10.2. The molecular weight excluding hydrogens is 364 g/mol. The lowest BCUT2D eigenvalue weighted by Crippen LogP contribution is -2.41. The Morgan fingerprint density at radius 2 is 2.25 bits per heavy atom. The predicted octanol–water partition coefficient (Wildman–Crippen LogP) is 2.87. The Morgan fingerprint density at radius 3 is 2.80 bits per heavy atom. The molecule has 1 aromatic rings. The first-order valence-corrected chi connectivity index (χ1v) is 9.25. The maximum absolute atomic E-state index is 12.8. The van der Waals surface area contributed by atoms with Crippen LogP contribution >= 0.6 is 27.5 Å². The number of sulfonamides is 1. The van der Waals surface area contributed by atoms with E-state index in [1.165, 1.54) is 6.07 Å². The van der Waals surface area contributed by atoms with Crippen molar-refractivity contribution < 1.29 is 8.42 Å². The molecule has 20 heavy (non-hydrogen) atoms. The molecule has 7 heteroatoms. The maximum atomic E-state index is 12.8. The molecule has 1 aromatic carbocycles. The van der Waals surface area contributed by atoms with E-state index in [1.54, 1.807) is 16.4 Å². The molecule has 1 fully saturated rings. The summed E-state index contributed by atoms with van der Waals surface area (Å²) in [5, 5.41) is 3.62. The van der Waals surface area contributed by atoms with E-state index in [0.717, 1.165) is 19.4 Å². The number of benzene rings is 1. The molecule has 112 valence electrons. The minimum atomic E-state index is -3.50. The predicted molar refractivity (Wildman–Crippen MR) is 84.6 cm³/mol. The Labute approximate surface area is 133 Å². The number of halogens is 2. The Kier molecular flexibility index (Phi) is 5.48. The van der Waals surface area contributed by atoms with Crippen LogP contribution in [-0.4, -0.2) is 38.4 Å². The zero-order valence-corrected chi connectivity index (χ0v) is 14.4. The summed E-state index contributed by atoms with van der Waals surface area (Å²) in [5.41, 5.74) is 0. The van der Waals surface area contributed by atoms with Gasteiger partial charge in [0, 0.05) is 23.6 Å². The van der Waals surface area contributed by atoms with E-state index >= 15 is 0 Å². The third kappa shape index (κ3) is 3.36. The highest BCUT2D eigenvalue weighted by Crippen LogP contribution is 2.28. The van der Waals surface area contributed by atoms with Crippen molar-refractivity contribution in [2.24, 2.45) is 0 Å². The molecule has 0 aromatic heterocycles. The van der Waals surface area contributed by atoms with Crippen LogP contribution in [0.1, 0.15) is 19.8 Å². The van der Waals surface area contributed by atoms with Gasteiger partial charge in [-0.25, -0.2) is 8.42 Å². The SMILES string of the molecule is CCCN(C1CCNC1)S(=O)(=O)c1ccc(Br)c(Cl)c1. The van der Waals surface area contributed by atoms with Crippen LogP contribution in [0.3, 0.4) is 0 Å². The lowest BCUT2D eigenvalue weighted by Gasteiger charge is -2.27. The first-order chi connectivity index (χ1) is 9.46. The minimum Gasteiger partial charge on any atom is -0.315 e. The molecule has 1 aliphatic heterocycles. The zero-order valence-electron chi connectivity index (χ0n) is 11.3. The normalized spacial score (nSPS) is 19.7. The summed E-state index contributed by atoms with van der Waals surface area (Å²) in [4.78, 5) is 0.256. The second kappa shape index (κ2) is 6.75. The average molecular weight is 382 g/mol. The zero-order chi connectivity index (χ0) is 14.8. The van der Waals surface area contributed by atoms with Gasteiger partial charge < -0.3 is 5.32 Å². The highest BCUT2D eigenvalue weighted by molar-refractivity contribution is 9.10. The van der Waals surface area contributed by atoms with Gasteiger partial charge >= 0.3 is 0 Å². The maximum Gasteiger partial charge on any atom is 0.243 e. The fraction of sp³-hybridized carbons (Fsp3) is 0.538. The fourth-order valence-electron chi connectivity index (χ4n) is 2.38. The molecule has 4 nitrogen and oxygen atoms in total. The molecule has 0 bridgehead atoms. The standard InChI is InChI=1S/C13H18BrClN2O2S/c1-2-7-17(10-5-6-16-9-10)20(18,19)11-3-4-12(14)13(15)8-11/h3-4,8,10,16H,2,5-7,9H2,1H3. The van der Waals surface area contributed by atoms with E-state index in [0.29, 0.717) is 22.6 Å². The number of nitrogens with one attached hydrogen (secondary N) is 1. The van der Waals surface area contributed by atoms with Crippen molar-refractivity contribution in [3.05, 3.63) is 27.7 Å². The van der Waals surface area contributed by atoms with Crippen LogP contribution in [0, 0.1) is 0 Å². The van der Waals surface area contributed by atoms with Crippen LogP contribution < -0.4 is 5.32 Å². The second-order valence-electron chi connectivity index (χ2n) is 4.84. The molecule has 0 amide bonds. The molecule has 1 heterocycles. The molecular formula is C13H18BrClN2O2S. The van der Waals surface area contributed by atoms with Crippen LogP contribution in [0.5, 0.6) is 0 Å². The van der Waals surface area contributed by atoms with Gasteiger partial charge in [0.1, 0.15) is 0 Å². The van der Waals surface area contributed by atoms with E-state index in [-0.39, 0.29) is 10.9 Å². The topological polar surface area (TPSA) is 49.4 Å². The Bertz CT molecular complexity index is 574. The highest BCUT2D eigenvalue weighted by atomic mass is 79.9. The van der Waals surface area contributed by atoms with Crippen molar-refractivity contribution >= 4 is 37.6 Å². The van der Waals surface area contributed by atoms with Crippen LogP contribution in [0.4, 0.5) is 0 Å². The van der Waals surface area contributed by atoms with E-state index in [1.807, 2.05) is 6.92 Å². The van der Waals surface area contributed by atoms with Gasteiger partial charge in [0.05, 0.1) is 9.92 Å². The summed E-state index contributed by atoms with van der Waals surface area (Å²) >= 11 is 9.30. The lowest BCUT2D eigenvalue weighted by molar-refractivity contribution is 0.335. The van der Waals surface area contributed by atoms with Gasteiger partial charge in [-0.15, -0.1) is 0 Å². The molecule has 2 rings (SSSR count). The van der Waals surface area contributed by atoms with Gasteiger partial charge in [-0.05, 0) is 53.5 Å². The van der Waals surface area contributed by atoms with Crippen molar-refractivity contribution in [2.75, 3.05) is 19.6 Å². The van der Waals surface area contributed by atoms with Crippen molar-refractivity contribution in [1.82, 2.24) is 9.62 Å². The van der Waals surface area contributed by atoms with Gasteiger partial charge in [0.25, 0.3) is 0 Å². The molecule has 1 N–H and O–H groups in total. The Hall–Kier alpha value is -0.140. The molecule has 1 aliphatic rings. The van der Waals surface area contributed by atoms with Crippen LogP contribution in [-0.2, 0) is 10.0 Å². The van der Waals surface area contributed by atoms with Gasteiger partial charge in [0.2, 0.25) is 10.0 Å². The summed E-state index contributed by atoms with van der Waals surface area (Å²) in [6, 6.07) is 4.80. The molecule has 1 atom stereocenters. The summed E-state index contributed by atoms with van der Waals surface area (Å²) in [7, 11) is -3.50. The first-order valence-electron chi connectivity index (χ1n) is 6.64. The average Bonchev–Trinajstić information content (AvgIpc) is 2.92. The number of nitrogens with zero attached hydrogens (tertiary/aromatic N) is 1. The van der Waals surface area contributed by atoms with Gasteiger partial charge in [0.15, 0.2) is 0 Å². The van der Waals surface area contributed by atoms with Crippen molar-refractivity contribution in [2.45, 2.75) is 30.7 Å². The third-order valence-electron chi connectivity index (χ3n) is 3.38. The van der Waals surface area contributed by atoms with Crippen LogP contribution in [0.15, 0.2) is 27.6 Å². The fourth-order valence-corrected chi connectivity index (χ4v) is 4.64. The molecule has 0 radical (unpaired) electrons. The Balaban J connectivity index is 2.36. The van der Waals surface area contributed by atoms with E-state index in [4.69, 9.17) is 11.6 Å². The minimum absolute atomic E-state index is 0.0300. The second-order valence-corrected chi connectivity index (χ2v) is 7.99. The summed E-state index contributed by atoms with van der Waals surface area (Å²) in [5.74, 6) is 0. The quantitative estimate of drug-likeness (QED) is 0.853. The molecule has 0 saturated carbocycles. The van der Waals surface area contributed by atoms with Gasteiger partial charge in [-0.2, -0.15) is 4.31 Å². The Morgan fingerprint density at radius 1 is 1.50 bits per heavy atom. The summed E-state index contributed by atoms with van der Waals surface area (Å²) in [6.45, 7) is 4.09. The van der Waals surface area contributed by atoms with Crippen molar-refractivity contribution in [3.8, 4) is 0 Å². The number of hydrogen-bond acceptors (Lipinski definition) is 3. The molecule has 1 saturated heterocycles. The van der Waals surface area contributed by atoms with Gasteiger partial charge in [-0.1, -0.05) is 18.5 Å². The third-order valence-corrected chi connectivity index (χ3v) is 6.56. The van der Waals surface area contributed by atoms with E-state index in [2.05, 4.69) is 21.2 Å². The van der Waals surface area contributed by atoms with Crippen molar-refractivity contribution in [1.29, 1.82) is 0 Å².